The highest BCUT2D eigenvalue weighted by molar-refractivity contribution is 5.81. The van der Waals surface area contributed by atoms with Crippen LogP contribution in [0, 0.1) is 0 Å². The summed E-state index contributed by atoms with van der Waals surface area (Å²) >= 11 is 0. The van der Waals surface area contributed by atoms with Crippen LogP contribution >= 0.6 is 0 Å². The van der Waals surface area contributed by atoms with Gasteiger partial charge in [-0.3, -0.25) is 5.43 Å². The number of anilines is 1. The third kappa shape index (κ3) is 2.89. The lowest BCUT2D eigenvalue weighted by Crippen LogP contribution is -1.90. The maximum atomic E-state index is 4.72. The van der Waals surface area contributed by atoms with Crippen molar-refractivity contribution in [1.82, 2.24) is 10.1 Å². The first-order valence-electron chi connectivity index (χ1n) is 6.13. The largest absolute Gasteiger partial charge is 0.342 e. The molecule has 0 atom stereocenters. The molecular weight excluding hydrogens is 252 g/mol. The van der Waals surface area contributed by atoms with Crippen LogP contribution in [-0.4, -0.2) is 16.4 Å². The number of nitrogens with zero attached hydrogens (tertiary/aromatic N) is 3. The van der Waals surface area contributed by atoms with Crippen LogP contribution < -0.4 is 5.43 Å². The van der Waals surface area contributed by atoms with E-state index in [4.69, 9.17) is 4.52 Å². The van der Waals surface area contributed by atoms with E-state index in [2.05, 4.69) is 20.7 Å². The minimum atomic E-state index is 0.580. The molecule has 0 bridgehead atoms. The Bertz CT molecular complexity index is 676. The number of hydrazone groups is 1. The maximum Gasteiger partial charge on any atom is 0.214 e. The van der Waals surface area contributed by atoms with Crippen LogP contribution in [0.5, 0.6) is 0 Å². The number of aromatic nitrogens is 2. The molecule has 1 heterocycles. The molecule has 98 valence electrons. The second-order valence-corrected chi connectivity index (χ2v) is 4.11. The van der Waals surface area contributed by atoms with Gasteiger partial charge in [0.25, 0.3) is 0 Å². The highest BCUT2D eigenvalue weighted by atomic mass is 16.5. The van der Waals surface area contributed by atoms with Crippen molar-refractivity contribution >= 4 is 11.9 Å². The molecule has 0 aliphatic rings. The average molecular weight is 264 g/mol. The summed E-state index contributed by atoms with van der Waals surface area (Å²) in [6.07, 6.45) is 3.07. The summed E-state index contributed by atoms with van der Waals surface area (Å²) in [5.74, 6) is 0.580. The van der Waals surface area contributed by atoms with Gasteiger partial charge in [0.15, 0.2) is 0 Å². The second kappa shape index (κ2) is 5.79. The minimum Gasteiger partial charge on any atom is -0.342 e. The molecule has 3 rings (SSSR count). The van der Waals surface area contributed by atoms with Crippen molar-refractivity contribution in [3.05, 3.63) is 66.6 Å². The SMILES string of the molecule is C(=NNc1ccccc1)c1ccc(-c2ncon2)cc1. The number of benzene rings is 2. The van der Waals surface area contributed by atoms with E-state index in [1.807, 2.05) is 54.6 Å². The molecule has 0 aliphatic carbocycles. The Hall–Kier alpha value is -2.95. The fraction of sp³-hybridized carbons (Fsp3) is 0. The van der Waals surface area contributed by atoms with Gasteiger partial charge in [-0.25, -0.2) is 0 Å². The van der Waals surface area contributed by atoms with Crippen LogP contribution in [0.3, 0.4) is 0 Å². The van der Waals surface area contributed by atoms with Gasteiger partial charge < -0.3 is 4.52 Å². The molecule has 0 radical (unpaired) electrons. The number of para-hydroxylation sites is 1. The normalized spacial score (nSPS) is 10.8. The van der Waals surface area contributed by atoms with Crippen molar-refractivity contribution in [2.24, 2.45) is 5.10 Å². The van der Waals surface area contributed by atoms with Crippen molar-refractivity contribution in [3.63, 3.8) is 0 Å². The highest BCUT2D eigenvalue weighted by Crippen LogP contribution is 2.14. The third-order valence-corrected chi connectivity index (χ3v) is 2.71. The molecule has 20 heavy (non-hydrogen) atoms. The lowest BCUT2D eigenvalue weighted by molar-refractivity contribution is 0.419. The van der Waals surface area contributed by atoms with E-state index in [1.165, 1.54) is 6.39 Å². The summed E-state index contributed by atoms with van der Waals surface area (Å²) in [6, 6.07) is 17.5. The van der Waals surface area contributed by atoms with E-state index in [0.717, 1.165) is 16.8 Å². The topological polar surface area (TPSA) is 63.3 Å². The van der Waals surface area contributed by atoms with E-state index in [9.17, 15) is 0 Å². The minimum absolute atomic E-state index is 0.580. The molecule has 0 spiro atoms. The van der Waals surface area contributed by atoms with Crippen LogP contribution in [-0.2, 0) is 0 Å². The van der Waals surface area contributed by atoms with Gasteiger partial charge in [-0.2, -0.15) is 10.1 Å². The fourth-order valence-corrected chi connectivity index (χ4v) is 1.71. The van der Waals surface area contributed by atoms with Crippen molar-refractivity contribution in [2.75, 3.05) is 5.43 Å². The lowest BCUT2D eigenvalue weighted by atomic mass is 10.1. The molecule has 5 heteroatoms. The quantitative estimate of drug-likeness (QED) is 0.580. The molecule has 0 amide bonds. The lowest BCUT2D eigenvalue weighted by Gasteiger charge is -1.99. The van der Waals surface area contributed by atoms with Crippen LogP contribution in [0.15, 0.2) is 70.6 Å². The number of rotatable bonds is 4. The fourth-order valence-electron chi connectivity index (χ4n) is 1.71. The summed E-state index contributed by atoms with van der Waals surface area (Å²) in [4.78, 5) is 3.99. The Morgan fingerprint density at radius 2 is 1.80 bits per heavy atom. The van der Waals surface area contributed by atoms with E-state index in [-0.39, 0.29) is 0 Å². The Balaban J connectivity index is 1.66. The summed E-state index contributed by atoms with van der Waals surface area (Å²) in [5.41, 5.74) is 5.81. The molecule has 0 aliphatic heterocycles. The van der Waals surface area contributed by atoms with E-state index < -0.39 is 0 Å². The predicted octanol–water partition coefficient (Wildman–Crippen LogP) is 3.18. The monoisotopic (exact) mass is 264 g/mol. The number of hydrogen-bond acceptors (Lipinski definition) is 5. The molecule has 1 N–H and O–H groups in total. The van der Waals surface area contributed by atoms with E-state index in [0.29, 0.717) is 5.82 Å². The van der Waals surface area contributed by atoms with Gasteiger partial charge >= 0.3 is 0 Å². The van der Waals surface area contributed by atoms with Gasteiger partial charge in [0.05, 0.1) is 11.9 Å². The van der Waals surface area contributed by atoms with E-state index >= 15 is 0 Å². The zero-order chi connectivity index (χ0) is 13.6. The second-order valence-electron chi connectivity index (χ2n) is 4.11. The van der Waals surface area contributed by atoms with E-state index in [1.54, 1.807) is 6.21 Å². The molecule has 5 nitrogen and oxygen atoms in total. The Morgan fingerprint density at radius 1 is 1.00 bits per heavy atom. The zero-order valence-corrected chi connectivity index (χ0v) is 10.6. The molecule has 0 unspecified atom stereocenters. The van der Waals surface area contributed by atoms with Gasteiger partial charge in [0.2, 0.25) is 12.2 Å². The van der Waals surface area contributed by atoms with Gasteiger partial charge in [-0.1, -0.05) is 47.6 Å². The highest BCUT2D eigenvalue weighted by Gasteiger charge is 2.01. The molecule has 1 aromatic heterocycles. The molecule has 3 aromatic rings. The van der Waals surface area contributed by atoms with Crippen molar-refractivity contribution in [2.45, 2.75) is 0 Å². The standard InChI is InChI=1S/C15H12N4O/c1-2-4-14(5-3-1)18-17-10-12-6-8-13(9-7-12)15-16-11-20-19-15/h1-11,18H. The van der Waals surface area contributed by atoms with Gasteiger partial charge in [0.1, 0.15) is 0 Å². The summed E-state index contributed by atoms with van der Waals surface area (Å²) < 4.78 is 4.72. The third-order valence-electron chi connectivity index (χ3n) is 2.71. The van der Waals surface area contributed by atoms with Gasteiger partial charge in [-0.15, -0.1) is 0 Å². The first kappa shape index (κ1) is 12.1. The molecular formula is C15H12N4O. The zero-order valence-electron chi connectivity index (χ0n) is 10.6. The smallest absolute Gasteiger partial charge is 0.214 e. The molecule has 0 saturated heterocycles. The van der Waals surface area contributed by atoms with Gasteiger partial charge in [0, 0.05) is 5.56 Å². The Kier molecular flexibility index (Phi) is 3.51. The maximum absolute atomic E-state index is 4.72. The summed E-state index contributed by atoms with van der Waals surface area (Å²) in [5, 5.41) is 7.97. The first-order chi connectivity index (χ1) is 9.92. The Labute approximate surface area is 116 Å². The van der Waals surface area contributed by atoms with Gasteiger partial charge in [-0.05, 0) is 17.7 Å². The van der Waals surface area contributed by atoms with Crippen LogP contribution in [0.25, 0.3) is 11.4 Å². The van der Waals surface area contributed by atoms with Crippen molar-refractivity contribution in [1.29, 1.82) is 0 Å². The first-order valence-corrected chi connectivity index (χ1v) is 6.13. The van der Waals surface area contributed by atoms with Crippen molar-refractivity contribution < 1.29 is 4.52 Å². The molecule has 0 fully saturated rings. The number of hydrogen-bond donors (Lipinski definition) is 1. The van der Waals surface area contributed by atoms with Crippen LogP contribution in [0.2, 0.25) is 0 Å². The van der Waals surface area contributed by atoms with Crippen LogP contribution in [0.1, 0.15) is 5.56 Å². The Morgan fingerprint density at radius 3 is 2.50 bits per heavy atom. The molecule has 0 saturated carbocycles. The van der Waals surface area contributed by atoms with Crippen LogP contribution in [0.4, 0.5) is 5.69 Å². The summed E-state index contributed by atoms with van der Waals surface area (Å²) in [6.45, 7) is 0. The van der Waals surface area contributed by atoms with Crippen molar-refractivity contribution in [3.8, 4) is 11.4 Å². The molecule has 2 aromatic carbocycles. The predicted molar refractivity (Wildman–Crippen MR) is 77.4 cm³/mol. The average Bonchev–Trinajstić information content (AvgIpc) is 3.03. The number of nitrogens with one attached hydrogen (secondary N) is 1. The summed E-state index contributed by atoms with van der Waals surface area (Å²) in [7, 11) is 0.